The van der Waals surface area contributed by atoms with Gasteiger partial charge in [0.1, 0.15) is 0 Å². The Bertz CT molecular complexity index is 582. The summed E-state index contributed by atoms with van der Waals surface area (Å²) in [5, 5.41) is 6.40. The highest BCUT2D eigenvalue weighted by molar-refractivity contribution is 6.35. The fourth-order valence-electron chi connectivity index (χ4n) is 1.64. The fourth-order valence-corrected chi connectivity index (χ4v) is 1.64. The molecule has 0 bridgehead atoms. The van der Waals surface area contributed by atoms with Gasteiger partial charge in [-0.2, -0.15) is 5.10 Å². The maximum absolute atomic E-state index is 11.6. The van der Waals surface area contributed by atoms with Gasteiger partial charge >= 0.3 is 11.8 Å². The lowest BCUT2D eigenvalue weighted by Crippen LogP contribution is -2.41. The minimum atomic E-state index is -0.812. The number of nitrogens with one attached hydrogen (secondary N) is 2. The summed E-state index contributed by atoms with van der Waals surface area (Å²) in [5.74, 6) is -0.384. The number of benzene rings is 1. The first-order valence-electron chi connectivity index (χ1n) is 6.76. The second-order valence-electron chi connectivity index (χ2n) is 4.84. The van der Waals surface area contributed by atoms with Gasteiger partial charge in [0.05, 0.1) is 19.9 Å². The predicted octanol–water partition coefficient (Wildman–Crippen LogP) is 1.07. The van der Waals surface area contributed by atoms with Gasteiger partial charge in [-0.15, -0.1) is 0 Å². The molecule has 0 fully saturated rings. The third-order valence-corrected chi connectivity index (χ3v) is 2.75. The Morgan fingerprint density at radius 3 is 2.27 bits per heavy atom. The van der Waals surface area contributed by atoms with Gasteiger partial charge in [-0.3, -0.25) is 9.59 Å². The fraction of sp³-hybridized carbons (Fsp3) is 0.400. The van der Waals surface area contributed by atoms with Gasteiger partial charge in [0.2, 0.25) is 0 Å². The van der Waals surface area contributed by atoms with Crippen LogP contribution in [-0.4, -0.2) is 37.8 Å². The molecule has 1 aromatic rings. The minimum absolute atomic E-state index is 0.117. The number of rotatable bonds is 5. The number of nitrogens with zero attached hydrogens (tertiary/aromatic N) is 1. The zero-order valence-electron chi connectivity index (χ0n) is 13.4. The number of hydrogen-bond donors (Lipinski definition) is 2. The van der Waals surface area contributed by atoms with E-state index >= 15 is 0 Å². The van der Waals surface area contributed by atoms with E-state index in [1.807, 2.05) is 0 Å². The van der Waals surface area contributed by atoms with Gasteiger partial charge in [-0.05, 0) is 39.0 Å². The third kappa shape index (κ3) is 4.76. The summed E-state index contributed by atoms with van der Waals surface area (Å²) in [6, 6.07) is 5.13. The molecule has 0 saturated carbocycles. The van der Waals surface area contributed by atoms with Gasteiger partial charge in [0.15, 0.2) is 11.5 Å². The van der Waals surface area contributed by atoms with Crippen molar-refractivity contribution in [2.75, 3.05) is 14.2 Å². The lowest BCUT2D eigenvalue weighted by Gasteiger charge is -2.10. The third-order valence-electron chi connectivity index (χ3n) is 2.75. The quantitative estimate of drug-likeness (QED) is 0.484. The molecule has 0 aliphatic heterocycles. The van der Waals surface area contributed by atoms with Crippen LogP contribution in [0.5, 0.6) is 11.5 Å². The Morgan fingerprint density at radius 2 is 1.73 bits per heavy atom. The van der Waals surface area contributed by atoms with Crippen LogP contribution in [0.1, 0.15) is 26.3 Å². The number of hydrogen-bond acceptors (Lipinski definition) is 5. The standard InChI is InChI=1S/C15H21N3O4/c1-9(2)16-14(19)15(20)18-17-10(3)11-6-7-12(21-4)13(8-11)22-5/h6-9H,1-5H3,(H,16,19)(H,18,20)/b17-10-. The van der Waals surface area contributed by atoms with Crippen molar-refractivity contribution in [3.8, 4) is 11.5 Å². The molecule has 0 unspecified atom stereocenters. The Hall–Kier alpha value is -2.57. The molecule has 0 spiro atoms. The van der Waals surface area contributed by atoms with Crippen LogP contribution in [0.2, 0.25) is 0 Å². The summed E-state index contributed by atoms with van der Waals surface area (Å²) >= 11 is 0. The molecular weight excluding hydrogens is 286 g/mol. The average molecular weight is 307 g/mol. The lowest BCUT2D eigenvalue weighted by atomic mass is 10.1. The van der Waals surface area contributed by atoms with E-state index in [-0.39, 0.29) is 6.04 Å². The van der Waals surface area contributed by atoms with Crippen LogP contribution in [0, 0.1) is 0 Å². The highest BCUT2D eigenvalue weighted by Crippen LogP contribution is 2.27. The molecule has 1 rings (SSSR count). The number of carbonyl (C=O) groups excluding carboxylic acids is 2. The molecule has 7 heteroatoms. The molecule has 0 radical (unpaired) electrons. The molecule has 0 saturated heterocycles. The van der Waals surface area contributed by atoms with Crippen molar-refractivity contribution in [3.05, 3.63) is 23.8 Å². The molecule has 2 N–H and O–H groups in total. The van der Waals surface area contributed by atoms with Crippen molar-refractivity contribution in [3.63, 3.8) is 0 Å². The molecule has 2 amide bonds. The van der Waals surface area contributed by atoms with Crippen LogP contribution in [0.3, 0.4) is 0 Å². The van der Waals surface area contributed by atoms with Crippen LogP contribution in [0.15, 0.2) is 23.3 Å². The first-order valence-corrected chi connectivity index (χ1v) is 6.76. The number of ether oxygens (including phenoxy) is 2. The number of carbonyl (C=O) groups is 2. The maximum Gasteiger partial charge on any atom is 0.329 e. The lowest BCUT2D eigenvalue weighted by molar-refractivity contribution is -0.139. The van der Waals surface area contributed by atoms with Crippen LogP contribution < -0.4 is 20.2 Å². The highest BCUT2D eigenvalue weighted by Gasteiger charge is 2.14. The summed E-state index contributed by atoms with van der Waals surface area (Å²) in [6.07, 6.45) is 0. The summed E-state index contributed by atoms with van der Waals surface area (Å²) < 4.78 is 10.4. The Kier molecular flexibility index (Phi) is 6.37. The van der Waals surface area contributed by atoms with E-state index in [4.69, 9.17) is 9.47 Å². The van der Waals surface area contributed by atoms with Crippen molar-refractivity contribution in [2.24, 2.45) is 5.10 Å². The van der Waals surface area contributed by atoms with E-state index < -0.39 is 11.8 Å². The van der Waals surface area contributed by atoms with E-state index in [0.717, 1.165) is 5.56 Å². The summed E-state index contributed by atoms with van der Waals surface area (Å²) in [7, 11) is 3.08. The molecule has 0 aliphatic rings. The monoisotopic (exact) mass is 307 g/mol. The molecule has 0 aliphatic carbocycles. The van der Waals surface area contributed by atoms with Gasteiger partial charge < -0.3 is 14.8 Å². The molecule has 0 heterocycles. The first-order chi connectivity index (χ1) is 10.4. The zero-order chi connectivity index (χ0) is 16.7. The summed E-state index contributed by atoms with van der Waals surface area (Å²) in [4.78, 5) is 23.0. The molecule has 120 valence electrons. The second-order valence-corrected chi connectivity index (χ2v) is 4.84. The van der Waals surface area contributed by atoms with E-state index in [0.29, 0.717) is 17.2 Å². The highest BCUT2D eigenvalue weighted by atomic mass is 16.5. The SMILES string of the molecule is COc1ccc(/C(C)=N\NC(=O)C(=O)NC(C)C)cc1OC. The van der Waals surface area contributed by atoms with E-state index in [9.17, 15) is 9.59 Å². The van der Waals surface area contributed by atoms with Crippen LogP contribution >= 0.6 is 0 Å². The number of hydrazone groups is 1. The first kappa shape index (κ1) is 17.5. The predicted molar refractivity (Wildman–Crippen MR) is 83.2 cm³/mol. The molecule has 22 heavy (non-hydrogen) atoms. The average Bonchev–Trinajstić information content (AvgIpc) is 2.50. The zero-order valence-corrected chi connectivity index (χ0v) is 13.4. The van der Waals surface area contributed by atoms with Crippen LogP contribution in [-0.2, 0) is 9.59 Å². The largest absolute Gasteiger partial charge is 0.493 e. The van der Waals surface area contributed by atoms with E-state index in [2.05, 4.69) is 15.8 Å². The maximum atomic E-state index is 11.6. The minimum Gasteiger partial charge on any atom is -0.493 e. The van der Waals surface area contributed by atoms with Gasteiger partial charge in [-0.1, -0.05) is 0 Å². The molecule has 0 atom stereocenters. The van der Waals surface area contributed by atoms with Crippen molar-refractivity contribution >= 4 is 17.5 Å². The normalized spacial score (nSPS) is 11.1. The van der Waals surface area contributed by atoms with Crippen molar-refractivity contribution < 1.29 is 19.1 Å². The second kappa shape index (κ2) is 8.02. The molecule has 7 nitrogen and oxygen atoms in total. The summed E-state index contributed by atoms with van der Waals surface area (Å²) in [5.41, 5.74) is 3.49. The van der Waals surface area contributed by atoms with Crippen molar-refractivity contribution in [1.29, 1.82) is 0 Å². The summed E-state index contributed by atoms with van der Waals surface area (Å²) in [6.45, 7) is 5.24. The molecular formula is C15H21N3O4. The topological polar surface area (TPSA) is 89.0 Å². The number of amides is 2. The van der Waals surface area contributed by atoms with E-state index in [1.54, 1.807) is 46.1 Å². The van der Waals surface area contributed by atoms with Gasteiger partial charge in [0.25, 0.3) is 0 Å². The van der Waals surface area contributed by atoms with Gasteiger partial charge in [0, 0.05) is 11.6 Å². The van der Waals surface area contributed by atoms with E-state index in [1.165, 1.54) is 7.11 Å². The Labute approximate surface area is 129 Å². The van der Waals surface area contributed by atoms with Crippen LogP contribution in [0.25, 0.3) is 0 Å². The molecule has 0 aromatic heterocycles. The van der Waals surface area contributed by atoms with Crippen molar-refractivity contribution in [1.82, 2.24) is 10.7 Å². The van der Waals surface area contributed by atoms with Crippen molar-refractivity contribution in [2.45, 2.75) is 26.8 Å². The molecule has 1 aromatic carbocycles. The Balaban J connectivity index is 2.81. The Morgan fingerprint density at radius 1 is 1.09 bits per heavy atom. The smallest absolute Gasteiger partial charge is 0.329 e. The van der Waals surface area contributed by atoms with Gasteiger partial charge in [-0.25, -0.2) is 5.43 Å². The van der Waals surface area contributed by atoms with Crippen LogP contribution in [0.4, 0.5) is 0 Å². The number of methoxy groups -OCH3 is 2.